The molecule has 58 valence electrons. The van der Waals surface area contributed by atoms with Crippen LogP contribution >= 0.6 is 0 Å². The summed E-state index contributed by atoms with van der Waals surface area (Å²) in [7, 11) is 0. The first-order valence-corrected chi connectivity index (χ1v) is 4.46. The number of hydrogen-bond donors (Lipinski definition) is 0. The molecule has 0 amide bonds. The van der Waals surface area contributed by atoms with E-state index in [0.717, 1.165) is 6.61 Å². The summed E-state index contributed by atoms with van der Waals surface area (Å²) in [4.78, 5) is 0. The number of hydrogen-bond acceptors (Lipinski definition) is 1. The lowest BCUT2D eigenvalue weighted by Crippen LogP contribution is -2.23. The lowest BCUT2D eigenvalue weighted by Gasteiger charge is -2.29. The maximum atomic E-state index is 5.67. The molecule has 1 saturated carbocycles. The zero-order valence-corrected chi connectivity index (χ0v) is 6.73. The van der Waals surface area contributed by atoms with E-state index < -0.39 is 0 Å². The summed E-state index contributed by atoms with van der Waals surface area (Å²) in [6.07, 6.45) is 7.45. The third kappa shape index (κ3) is 0.878. The first-order chi connectivity index (χ1) is 4.85. The van der Waals surface area contributed by atoms with Crippen molar-refractivity contribution in [2.75, 3.05) is 6.61 Å². The maximum absolute atomic E-state index is 5.67. The molecule has 0 aromatic heterocycles. The van der Waals surface area contributed by atoms with E-state index in [2.05, 4.69) is 6.92 Å². The fraction of sp³-hybridized carbons (Fsp3) is 1.00. The SMILES string of the molecule is CCC12CCCC(C1)OC2. The van der Waals surface area contributed by atoms with Crippen LogP contribution in [0.25, 0.3) is 0 Å². The van der Waals surface area contributed by atoms with Gasteiger partial charge in [-0.1, -0.05) is 13.3 Å². The molecule has 0 aromatic carbocycles. The van der Waals surface area contributed by atoms with Gasteiger partial charge < -0.3 is 4.74 Å². The van der Waals surface area contributed by atoms with Crippen LogP contribution in [0.4, 0.5) is 0 Å². The van der Waals surface area contributed by atoms with Gasteiger partial charge in [-0.15, -0.1) is 0 Å². The molecule has 10 heavy (non-hydrogen) atoms. The number of fused-ring (bicyclic) bond motifs is 2. The highest BCUT2D eigenvalue weighted by Gasteiger charge is 2.41. The Kier molecular flexibility index (Phi) is 1.48. The van der Waals surface area contributed by atoms with Gasteiger partial charge in [0.15, 0.2) is 0 Å². The Morgan fingerprint density at radius 2 is 2.50 bits per heavy atom. The fourth-order valence-corrected chi connectivity index (χ4v) is 2.38. The van der Waals surface area contributed by atoms with E-state index in [-0.39, 0.29) is 0 Å². The van der Waals surface area contributed by atoms with Crippen LogP contribution in [-0.4, -0.2) is 12.7 Å². The summed E-state index contributed by atoms with van der Waals surface area (Å²) in [5.74, 6) is 0. The summed E-state index contributed by atoms with van der Waals surface area (Å²) in [6.45, 7) is 3.35. The molecule has 1 aliphatic carbocycles. The molecule has 2 rings (SSSR count). The van der Waals surface area contributed by atoms with Gasteiger partial charge in [0.25, 0.3) is 0 Å². The van der Waals surface area contributed by atoms with Gasteiger partial charge in [0, 0.05) is 0 Å². The van der Waals surface area contributed by atoms with Gasteiger partial charge >= 0.3 is 0 Å². The molecule has 0 N–H and O–H groups in total. The van der Waals surface area contributed by atoms with Crippen molar-refractivity contribution in [2.45, 2.75) is 45.1 Å². The average molecular weight is 140 g/mol. The van der Waals surface area contributed by atoms with Crippen LogP contribution in [0.2, 0.25) is 0 Å². The topological polar surface area (TPSA) is 9.23 Å². The van der Waals surface area contributed by atoms with Crippen LogP contribution in [0.15, 0.2) is 0 Å². The number of ether oxygens (including phenoxy) is 1. The highest BCUT2D eigenvalue weighted by atomic mass is 16.5. The van der Waals surface area contributed by atoms with Gasteiger partial charge in [0.2, 0.25) is 0 Å². The van der Waals surface area contributed by atoms with Crippen LogP contribution < -0.4 is 0 Å². The molecular weight excluding hydrogens is 124 g/mol. The summed E-state index contributed by atoms with van der Waals surface area (Å²) >= 11 is 0. The van der Waals surface area contributed by atoms with Gasteiger partial charge in [0.1, 0.15) is 0 Å². The molecule has 2 bridgehead atoms. The van der Waals surface area contributed by atoms with Crippen molar-refractivity contribution in [2.24, 2.45) is 5.41 Å². The normalized spacial score (nSPS) is 45.9. The molecule has 1 heteroatoms. The first kappa shape index (κ1) is 6.66. The second-order valence-corrected chi connectivity index (χ2v) is 3.88. The second-order valence-electron chi connectivity index (χ2n) is 3.88. The van der Waals surface area contributed by atoms with Gasteiger partial charge in [0.05, 0.1) is 12.7 Å². The highest BCUT2D eigenvalue weighted by Crippen LogP contribution is 2.45. The van der Waals surface area contributed by atoms with Gasteiger partial charge in [-0.3, -0.25) is 0 Å². The van der Waals surface area contributed by atoms with Crippen LogP contribution in [0.1, 0.15) is 39.0 Å². The van der Waals surface area contributed by atoms with Gasteiger partial charge in [-0.25, -0.2) is 0 Å². The van der Waals surface area contributed by atoms with E-state index in [1.54, 1.807) is 0 Å². The molecule has 0 radical (unpaired) electrons. The van der Waals surface area contributed by atoms with Crippen molar-refractivity contribution >= 4 is 0 Å². The van der Waals surface area contributed by atoms with Crippen LogP contribution in [0.5, 0.6) is 0 Å². The Morgan fingerprint density at radius 3 is 3.20 bits per heavy atom. The van der Waals surface area contributed by atoms with Crippen molar-refractivity contribution in [3.8, 4) is 0 Å². The molecule has 1 aliphatic heterocycles. The monoisotopic (exact) mass is 140 g/mol. The quantitative estimate of drug-likeness (QED) is 0.543. The third-order valence-corrected chi connectivity index (χ3v) is 3.27. The van der Waals surface area contributed by atoms with E-state index in [9.17, 15) is 0 Å². The lowest BCUT2D eigenvalue weighted by molar-refractivity contribution is 0.103. The van der Waals surface area contributed by atoms with Crippen LogP contribution in [0.3, 0.4) is 0 Å². The molecular formula is C9H16O. The van der Waals surface area contributed by atoms with Crippen molar-refractivity contribution in [3.63, 3.8) is 0 Å². The molecule has 0 aromatic rings. The Bertz CT molecular complexity index is 129. The Labute approximate surface area is 62.8 Å². The van der Waals surface area contributed by atoms with Crippen molar-refractivity contribution < 1.29 is 4.74 Å². The summed E-state index contributed by atoms with van der Waals surface area (Å²) in [5, 5.41) is 0. The fourth-order valence-electron chi connectivity index (χ4n) is 2.38. The standard InChI is InChI=1S/C9H16O/c1-2-9-5-3-4-8(6-9)10-7-9/h8H,2-7H2,1H3. The minimum absolute atomic E-state index is 0.614. The first-order valence-electron chi connectivity index (χ1n) is 4.46. The largest absolute Gasteiger partial charge is 0.378 e. The van der Waals surface area contributed by atoms with E-state index in [1.807, 2.05) is 0 Å². The molecule has 2 fully saturated rings. The van der Waals surface area contributed by atoms with E-state index in [1.165, 1.54) is 32.1 Å². The minimum Gasteiger partial charge on any atom is -0.378 e. The maximum Gasteiger partial charge on any atom is 0.0581 e. The minimum atomic E-state index is 0.614. The highest BCUT2D eigenvalue weighted by molar-refractivity contribution is 4.90. The zero-order chi connectivity index (χ0) is 7.03. The Balaban J connectivity index is 2.10. The van der Waals surface area contributed by atoms with Gasteiger partial charge in [-0.2, -0.15) is 0 Å². The summed E-state index contributed by atoms with van der Waals surface area (Å²) < 4.78 is 5.67. The van der Waals surface area contributed by atoms with Crippen molar-refractivity contribution in [1.29, 1.82) is 0 Å². The molecule has 1 saturated heterocycles. The Hall–Kier alpha value is -0.0400. The zero-order valence-electron chi connectivity index (χ0n) is 6.73. The predicted octanol–water partition coefficient (Wildman–Crippen LogP) is 2.36. The molecule has 1 heterocycles. The average Bonchev–Trinajstić information content (AvgIpc) is 2.29. The summed E-state index contributed by atoms with van der Waals surface area (Å²) in [5.41, 5.74) is 0.614. The van der Waals surface area contributed by atoms with E-state index >= 15 is 0 Å². The number of rotatable bonds is 1. The van der Waals surface area contributed by atoms with Crippen LogP contribution in [0, 0.1) is 5.41 Å². The second kappa shape index (κ2) is 2.23. The molecule has 2 unspecified atom stereocenters. The Morgan fingerprint density at radius 1 is 1.60 bits per heavy atom. The lowest BCUT2D eigenvalue weighted by atomic mass is 9.74. The molecule has 1 nitrogen and oxygen atoms in total. The van der Waals surface area contributed by atoms with E-state index in [4.69, 9.17) is 4.74 Å². The molecule has 0 spiro atoms. The van der Waals surface area contributed by atoms with Crippen molar-refractivity contribution in [3.05, 3.63) is 0 Å². The smallest absolute Gasteiger partial charge is 0.0581 e. The van der Waals surface area contributed by atoms with Crippen molar-refractivity contribution in [1.82, 2.24) is 0 Å². The third-order valence-electron chi connectivity index (χ3n) is 3.27. The van der Waals surface area contributed by atoms with Crippen LogP contribution in [-0.2, 0) is 4.74 Å². The molecule has 2 atom stereocenters. The molecule has 2 aliphatic rings. The van der Waals surface area contributed by atoms with E-state index in [0.29, 0.717) is 11.5 Å². The summed E-state index contributed by atoms with van der Waals surface area (Å²) in [6, 6.07) is 0. The van der Waals surface area contributed by atoms with Gasteiger partial charge in [-0.05, 0) is 31.1 Å². The predicted molar refractivity (Wildman–Crippen MR) is 40.9 cm³/mol.